The maximum Gasteiger partial charge on any atom is 0.169 e. The number of hydrogen-bond acceptors (Lipinski definition) is 7. The summed E-state index contributed by atoms with van der Waals surface area (Å²) in [5.74, 6) is 6.80. The first-order valence-electron chi connectivity index (χ1n) is 10.5. The van der Waals surface area contributed by atoms with Crippen molar-refractivity contribution in [3.05, 3.63) is 54.4 Å². The van der Waals surface area contributed by atoms with Gasteiger partial charge < -0.3 is 20.6 Å². The van der Waals surface area contributed by atoms with Crippen molar-refractivity contribution >= 4 is 17.2 Å². The highest BCUT2D eigenvalue weighted by Gasteiger charge is 2.45. The molecular weight excluding hydrogens is 388 g/mol. The highest BCUT2D eigenvalue weighted by atomic mass is 16.3. The SMILES string of the molecule is CCC#Cc1cc(N2C3CC2CN(c2cc(-c4ccccc4O)nnc2N)C3)ccn1. The van der Waals surface area contributed by atoms with E-state index >= 15 is 0 Å². The van der Waals surface area contributed by atoms with Crippen molar-refractivity contribution in [2.24, 2.45) is 0 Å². The second-order valence-electron chi connectivity index (χ2n) is 7.93. The number of nitrogens with two attached hydrogens (primary N) is 1. The molecule has 1 aromatic carbocycles. The summed E-state index contributed by atoms with van der Waals surface area (Å²) in [4.78, 5) is 9.11. The van der Waals surface area contributed by atoms with E-state index in [0.29, 0.717) is 29.2 Å². The van der Waals surface area contributed by atoms with E-state index < -0.39 is 0 Å². The van der Waals surface area contributed by atoms with Crippen LogP contribution in [0.2, 0.25) is 0 Å². The number of nitrogen functional groups attached to an aromatic ring is 1. The fourth-order valence-electron chi connectivity index (χ4n) is 4.52. The van der Waals surface area contributed by atoms with Crippen LogP contribution in [0, 0.1) is 11.8 Å². The predicted molar refractivity (Wildman–Crippen MR) is 122 cm³/mol. The van der Waals surface area contributed by atoms with Crippen molar-refractivity contribution in [1.82, 2.24) is 15.2 Å². The topological polar surface area (TPSA) is 91.4 Å². The number of pyridine rings is 1. The third kappa shape index (κ3) is 3.50. The van der Waals surface area contributed by atoms with Crippen LogP contribution in [0.4, 0.5) is 17.2 Å². The smallest absolute Gasteiger partial charge is 0.169 e. The van der Waals surface area contributed by atoms with Crippen molar-refractivity contribution in [2.45, 2.75) is 31.8 Å². The number of aromatic hydroxyl groups is 1. The average Bonchev–Trinajstić information content (AvgIpc) is 2.79. The lowest BCUT2D eigenvalue weighted by molar-refractivity contribution is 0.291. The quantitative estimate of drug-likeness (QED) is 0.639. The summed E-state index contributed by atoms with van der Waals surface area (Å²) in [6, 6.07) is 14.0. The van der Waals surface area contributed by atoms with Crippen LogP contribution in [0.5, 0.6) is 5.75 Å². The van der Waals surface area contributed by atoms with E-state index in [1.54, 1.807) is 12.1 Å². The average molecular weight is 412 g/mol. The van der Waals surface area contributed by atoms with Gasteiger partial charge in [0.2, 0.25) is 0 Å². The van der Waals surface area contributed by atoms with Crippen molar-refractivity contribution in [3.63, 3.8) is 0 Å². The normalized spacial score (nSPS) is 19.4. The van der Waals surface area contributed by atoms with Gasteiger partial charge in [-0.25, -0.2) is 4.98 Å². The van der Waals surface area contributed by atoms with Gasteiger partial charge in [0.15, 0.2) is 5.82 Å². The van der Waals surface area contributed by atoms with Gasteiger partial charge in [-0.2, -0.15) is 0 Å². The summed E-state index contributed by atoms with van der Waals surface area (Å²) in [5, 5.41) is 18.6. The number of phenolic OH excluding ortho intramolecular Hbond substituents is 1. The predicted octanol–water partition coefficient (Wildman–Crippen LogP) is 3.06. The van der Waals surface area contributed by atoms with E-state index in [1.165, 1.54) is 5.69 Å². The van der Waals surface area contributed by atoms with Crippen molar-refractivity contribution in [1.29, 1.82) is 0 Å². The minimum atomic E-state index is 0.180. The molecule has 0 aliphatic carbocycles. The van der Waals surface area contributed by atoms with Crippen LogP contribution in [0.3, 0.4) is 0 Å². The highest BCUT2D eigenvalue weighted by molar-refractivity contribution is 5.74. The molecule has 31 heavy (non-hydrogen) atoms. The Hall–Kier alpha value is -3.79. The molecule has 6 rings (SSSR count). The van der Waals surface area contributed by atoms with Gasteiger partial charge in [0.05, 0.1) is 11.4 Å². The van der Waals surface area contributed by atoms with Crippen LogP contribution in [-0.4, -0.2) is 45.5 Å². The van der Waals surface area contributed by atoms with Gasteiger partial charge in [-0.3, -0.25) is 0 Å². The molecule has 2 unspecified atom stereocenters. The van der Waals surface area contributed by atoms with Gasteiger partial charge in [-0.05, 0) is 42.7 Å². The van der Waals surface area contributed by atoms with E-state index in [1.807, 2.05) is 31.3 Å². The number of fused-ring (bicyclic) bond motifs is 2. The molecule has 2 aromatic heterocycles. The number of hydrogen-bond donors (Lipinski definition) is 2. The monoisotopic (exact) mass is 412 g/mol. The molecule has 5 heterocycles. The van der Waals surface area contributed by atoms with Crippen LogP contribution in [0.1, 0.15) is 25.5 Å². The lowest BCUT2D eigenvalue weighted by atomic mass is 9.86. The fraction of sp³-hybridized carbons (Fsp3) is 0.292. The third-order valence-electron chi connectivity index (χ3n) is 5.95. The van der Waals surface area contributed by atoms with Crippen LogP contribution >= 0.6 is 0 Å². The van der Waals surface area contributed by atoms with Gasteiger partial charge in [-0.15, -0.1) is 10.2 Å². The van der Waals surface area contributed by atoms with Crippen LogP contribution in [0.15, 0.2) is 48.7 Å². The Morgan fingerprint density at radius 3 is 2.71 bits per heavy atom. The number of phenols is 1. The molecule has 3 fully saturated rings. The Morgan fingerprint density at radius 2 is 1.94 bits per heavy atom. The molecule has 2 atom stereocenters. The van der Waals surface area contributed by atoms with Crippen molar-refractivity contribution in [3.8, 4) is 28.8 Å². The second-order valence-corrected chi connectivity index (χ2v) is 7.93. The molecule has 0 amide bonds. The minimum absolute atomic E-state index is 0.180. The first-order valence-corrected chi connectivity index (χ1v) is 10.5. The summed E-state index contributed by atoms with van der Waals surface area (Å²) < 4.78 is 0. The molecular formula is C24H24N6O. The second kappa shape index (κ2) is 7.80. The van der Waals surface area contributed by atoms with E-state index in [0.717, 1.165) is 37.3 Å². The minimum Gasteiger partial charge on any atom is -0.507 e. The molecule has 2 bridgehead atoms. The molecule has 3 saturated heterocycles. The number of benzene rings is 1. The van der Waals surface area contributed by atoms with Crippen LogP contribution in [0.25, 0.3) is 11.3 Å². The largest absolute Gasteiger partial charge is 0.507 e. The Labute approximate surface area is 181 Å². The van der Waals surface area contributed by atoms with Crippen LogP contribution in [-0.2, 0) is 0 Å². The summed E-state index contributed by atoms with van der Waals surface area (Å²) in [7, 11) is 0. The maximum absolute atomic E-state index is 10.2. The van der Waals surface area contributed by atoms with E-state index in [-0.39, 0.29) is 5.75 Å². The van der Waals surface area contributed by atoms with Gasteiger partial charge in [0, 0.05) is 49.0 Å². The molecule has 7 heteroatoms. The van der Waals surface area contributed by atoms with Gasteiger partial charge in [-0.1, -0.05) is 25.0 Å². The number of nitrogens with zero attached hydrogens (tertiary/aromatic N) is 5. The number of piperidine rings is 1. The summed E-state index contributed by atoms with van der Waals surface area (Å²) in [6.07, 6.45) is 3.81. The van der Waals surface area contributed by atoms with Crippen molar-refractivity contribution in [2.75, 3.05) is 28.6 Å². The van der Waals surface area contributed by atoms with Gasteiger partial charge in [0.1, 0.15) is 11.4 Å². The van der Waals surface area contributed by atoms with E-state index in [4.69, 9.17) is 5.73 Å². The zero-order chi connectivity index (χ0) is 21.4. The van der Waals surface area contributed by atoms with E-state index in [9.17, 15) is 5.11 Å². The maximum atomic E-state index is 10.2. The molecule has 0 saturated carbocycles. The summed E-state index contributed by atoms with van der Waals surface area (Å²) in [5.41, 5.74) is 10.3. The Bertz CT molecular complexity index is 1170. The highest BCUT2D eigenvalue weighted by Crippen LogP contribution is 2.40. The molecule has 156 valence electrons. The number of piperazine rings is 1. The summed E-state index contributed by atoms with van der Waals surface area (Å²) >= 11 is 0. The number of anilines is 3. The molecule has 0 spiro atoms. The lowest BCUT2D eigenvalue weighted by Crippen LogP contribution is -2.69. The molecule has 0 radical (unpaired) electrons. The van der Waals surface area contributed by atoms with Gasteiger partial charge in [0.25, 0.3) is 0 Å². The first kappa shape index (κ1) is 19.2. The van der Waals surface area contributed by atoms with Gasteiger partial charge >= 0.3 is 0 Å². The standard InChI is InChI=1S/C24H24N6O/c1-2-3-6-16-11-17(9-10-26-16)30-18-12-19(30)15-29(14-18)22-13-21(27-28-24(22)25)20-7-4-5-8-23(20)31/h4-5,7-11,13,18-19,31H,2,12,14-15H2,1H3,(H2,25,28). The molecule has 3 aliphatic rings. The lowest BCUT2D eigenvalue weighted by Gasteiger charge is -2.58. The molecule has 3 aliphatic heterocycles. The number of rotatable bonds is 3. The van der Waals surface area contributed by atoms with Crippen molar-refractivity contribution < 1.29 is 5.11 Å². The Kier molecular flexibility index (Phi) is 4.83. The zero-order valence-electron chi connectivity index (χ0n) is 17.4. The van der Waals surface area contributed by atoms with E-state index in [2.05, 4.69) is 49.0 Å². The fourth-order valence-corrected chi connectivity index (χ4v) is 4.52. The zero-order valence-corrected chi connectivity index (χ0v) is 17.4. The first-order chi connectivity index (χ1) is 15.1. The molecule has 7 nitrogen and oxygen atoms in total. The Balaban J connectivity index is 1.38. The molecule has 3 N–H and O–H groups in total. The number of para-hydroxylation sites is 1. The summed E-state index contributed by atoms with van der Waals surface area (Å²) in [6.45, 7) is 3.74. The third-order valence-corrected chi connectivity index (χ3v) is 5.95. The number of aromatic nitrogens is 3. The Morgan fingerprint density at radius 1 is 1.13 bits per heavy atom. The molecule has 3 aromatic rings. The van der Waals surface area contributed by atoms with Crippen LogP contribution < -0.4 is 15.5 Å².